The zero-order chi connectivity index (χ0) is 17.5. The molecule has 1 aromatic carbocycles. The first-order valence-corrected chi connectivity index (χ1v) is 8.35. The highest BCUT2D eigenvalue weighted by atomic mass is 16.5. The lowest BCUT2D eigenvalue weighted by Crippen LogP contribution is -2.13. The van der Waals surface area contributed by atoms with E-state index in [4.69, 9.17) is 4.74 Å². The van der Waals surface area contributed by atoms with Gasteiger partial charge in [-0.05, 0) is 51.5 Å². The van der Waals surface area contributed by atoms with Crippen molar-refractivity contribution in [3.05, 3.63) is 41.2 Å². The predicted octanol–water partition coefficient (Wildman–Crippen LogP) is 4.09. The molecule has 1 heterocycles. The molecule has 0 saturated carbocycles. The molecular weight excluding hydrogens is 304 g/mol. The summed E-state index contributed by atoms with van der Waals surface area (Å²) in [6.45, 7) is 10.1. The minimum Gasteiger partial charge on any atom is -0.450 e. The maximum atomic E-state index is 11.4. The van der Waals surface area contributed by atoms with E-state index < -0.39 is 6.09 Å². The van der Waals surface area contributed by atoms with Crippen LogP contribution >= 0.6 is 0 Å². The number of amides is 1. The number of nitrogens with one attached hydrogen (secondary N) is 2. The Morgan fingerprint density at radius 3 is 2.46 bits per heavy atom. The lowest BCUT2D eigenvalue weighted by atomic mass is 10.2. The third kappa shape index (κ3) is 4.50. The molecule has 0 saturated heterocycles. The molecule has 0 bridgehead atoms. The van der Waals surface area contributed by atoms with Crippen molar-refractivity contribution in [3.8, 4) is 0 Å². The second kappa shape index (κ2) is 8.38. The van der Waals surface area contributed by atoms with Gasteiger partial charge >= 0.3 is 6.09 Å². The monoisotopic (exact) mass is 330 g/mol. The van der Waals surface area contributed by atoms with Gasteiger partial charge in [-0.2, -0.15) is 5.10 Å². The van der Waals surface area contributed by atoms with Crippen LogP contribution in [0.4, 0.5) is 16.2 Å². The summed E-state index contributed by atoms with van der Waals surface area (Å²) in [7, 11) is 0. The van der Waals surface area contributed by atoms with E-state index in [1.807, 2.05) is 31.2 Å². The van der Waals surface area contributed by atoms with Gasteiger partial charge in [0, 0.05) is 35.7 Å². The fourth-order valence-electron chi connectivity index (χ4n) is 2.57. The maximum absolute atomic E-state index is 11.4. The van der Waals surface area contributed by atoms with Crippen LogP contribution in [0.3, 0.4) is 0 Å². The van der Waals surface area contributed by atoms with Crippen LogP contribution in [0.25, 0.3) is 0 Å². The first-order valence-electron chi connectivity index (χ1n) is 8.35. The molecule has 0 aliphatic carbocycles. The second-order valence-corrected chi connectivity index (χ2v) is 5.65. The van der Waals surface area contributed by atoms with Gasteiger partial charge < -0.3 is 10.1 Å². The molecule has 2 aromatic rings. The maximum Gasteiger partial charge on any atom is 0.411 e. The number of nitrogens with zero attached hydrogens (tertiary/aromatic N) is 2. The smallest absolute Gasteiger partial charge is 0.411 e. The molecule has 1 amide bonds. The van der Waals surface area contributed by atoms with Crippen LogP contribution < -0.4 is 10.6 Å². The van der Waals surface area contributed by atoms with Crippen molar-refractivity contribution in [3.63, 3.8) is 0 Å². The summed E-state index contributed by atoms with van der Waals surface area (Å²) < 4.78 is 6.92. The molecule has 0 aliphatic heterocycles. The number of hydrogen-bond acceptors (Lipinski definition) is 4. The quantitative estimate of drug-likeness (QED) is 0.802. The van der Waals surface area contributed by atoms with Crippen molar-refractivity contribution in [1.29, 1.82) is 0 Å². The van der Waals surface area contributed by atoms with Crippen LogP contribution in [0.2, 0.25) is 0 Å². The van der Waals surface area contributed by atoms with E-state index in [0.29, 0.717) is 12.3 Å². The fraction of sp³-hybridized carbons (Fsp3) is 0.444. The van der Waals surface area contributed by atoms with Crippen molar-refractivity contribution in [1.82, 2.24) is 9.78 Å². The molecule has 0 atom stereocenters. The Hall–Kier alpha value is -2.50. The highest BCUT2D eigenvalue weighted by Crippen LogP contribution is 2.18. The van der Waals surface area contributed by atoms with Gasteiger partial charge in [-0.3, -0.25) is 10.00 Å². The summed E-state index contributed by atoms with van der Waals surface area (Å²) in [4.78, 5) is 11.4. The number of carbonyl (C=O) groups excluding carboxylic acids is 1. The lowest BCUT2D eigenvalue weighted by Gasteiger charge is -2.09. The van der Waals surface area contributed by atoms with Crippen molar-refractivity contribution in [2.75, 3.05) is 17.2 Å². The molecule has 0 spiro atoms. The number of rotatable bonds is 7. The van der Waals surface area contributed by atoms with Crippen LogP contribution in [0, 0.1) is 13.8 Å². The van der Waals surface area contributed by atoms with Gasteiger partial charge in [0.05, 0.1) is 12.3 Å². The van der Waals surface area contributed by atoms with Crippen LogP contribution in [0.15, 0.2) is 24.3 Å². The Morgan fingerprint density at radius 1 is 1.17 bits per heavy atom. The fourth-order valence-corrected chi connectivity index (χ4v) is 2.57. The largest absolute Gasteiger partial charge is 0.450 e. The number of ether oxygens (including phenoxy) is 1. The van der Waals surface area contributed by atoms with Crippen LogP contribution in [0.5, 0.6) is 0 Å². The third-order valence-electron chi connectivity index (χ3n) is 3.84. The Morgan fingerprint density at radius 2 is 1.83 bits per heavy atom. The van der Waals surface area contributed by atoms with E-state index in [1.165, 1.54) is 11.3 Å². The van der Waals surface area contributed by atoms with E-state index in [-0.39, 0.29) is 0 Å². The van der Waals surface area contributed by atoms with Gasteiger partial charge in [0.25, 0.3) is 0 Å². The van der Waals surface area contributed by atoms with Gasteiger partial charge in [0.1, 0.15) is 0 Å². The summed E-state index contributed by atoms with van der Waals surface area (Å²) in [5.41, 5.74) is 5.21. The van der Waals surface area contributed by atoms with Crippen LogP contribution in [0.1, 0.15) is 37.2 Å². The van der Waals surface area contributed by atoms with Gasteiger partial charge in [0.2, 0.25) is 0 Å². The molecule has 0 radical (unpaired) electrons. The average molecular weight is 330 g/mol. The molecule has 130 valence electrons. The Balaban J connectivity index is 1.96. The summed E-state index contributed by atoms with van der Waals surface area (Å²) in [6, 6.07) is 7.56. The molecule has 6 nitrogen and oxygen atoms in total. The molecule has 0 aliphatic rings. The predicted molar refractivity (Wildman–Crippen MR) is 96.4 cm³/mol. The van der Waals surface area contributed by atoms with Gasteiger partial charge in [-0.25, -0.2) is 4.79 Å². The van der Waals surface area contributed by atoms with Gasteiger partial charge in [-0.15, -0.1) is 0 Å². The summed E-state index contributed by atoms with van der Waals surface area (Å²) in [6.07, 6.45) is 0.636. The SMILES string of the molecule is CCCn1nc(C)c(CNc2ccc(NC(=O)OCC)cc2)c1C. The molecular formula is C18H26N4O2. The van der Waals surface area contributed by atoms with Crippen LogP contribution in [-0.4, -0.2) is 22.5 Å². The standard InChI is InChI=1S/C18H26N4O2/c1-5-11-22-14(4)17(13(3)21-22)12-19-15-7-9-16(10-8-15)20-18(23)24-6-2/h7-10,19H,5-6,11-12H2,1-4H3,(H,20,23). The molecule has 1 aromatic heterocycles. The average Bonchev–Trinajstić information content (AvgIpc) is 2.81. The second-order valence-electron chi connectivity index (χ2n) is 5.65. The molecule has 24 heavy (non-hydrogen) atoms. The number of anilines is 2. The molecule has 0 fully saturated rings. The number of aryl methyl sites for hydroxylation is 2. The van der Waals surface area contributed by atoms with Crippen molar-refractivity contribution >= 4 is 17.5 Å². The van der Waals surface area contributed by atoms with Gasteiger partial charge in [-0.1, -0.05) is 6.92 Å². The molecule has 6 heteroatoms. The first-order chi connectivity index (χ1) is 11.5. The van der Waals surface area contributed by atoms with E-state index in [1.54, 1.807) is 6.92 Å². The number of benzene rings is 1. The van der Waals surface area contributed by atoms with Crippen LogP contribution in [-0.2, 0) is 17.8 Å². The van der Waals surface area contributed by atoms with E-state index >= 15 is 0 Å². The Kier molecular flexibility index (Phi) is 6.23. The highest BCUT2D eigenvalue weighted by molar-refractivity contribution is 5.84. The minimum atomic E-state index is -0.437. The lowest BCUT2D eigenvalue weighted by molar-refractivity contribution is 0.168. The number of carbonyl (C=O) groups is 1. The Labute approximate surface area is 143 Å². The summed E-state index contributed by atoms with van der Waals surface area (Å²) in [5.74, 6) is 0. The first kappa shape index (κ1) is 17.8. The highest BCUT2D eigenvalue weighted by Gasteiger charge is 2.10. The molecule has 2 rings (SSSR count). The Bertz CT molecular complexity index is 677. The zero-order valence-electron chi connectivity index (χ0n) is 14.8. The number of hydrogen-bond donors (Lipinski definition) is 2. The van der Waals surface area contributed by atoms with E-state index in [9.17, 15) is 4.79 Å². The normalized spacial score (nSPS) is 10.5. The summed E-state index contributed by atoms with van der Waals surface area (Å²) >= 11 is 0. The molecule has 0 unspecified atom stereocenters. The minimum absolute atomic E-state index is 0.357. The zero-order valence-corrected chi connectivity index (χ0v) is 14.8. The van der Waals surface area contributed by atoms with Crippen molar-refractivity contribution in [2.24, 2.45) is 0 Å². The van der Waals surface area contributed by atoms with Crippen molar-refractivity contribution in [2.45, 2.75) is 47.2 Å². The van der Waals surface area contributed by atoms with E-state index in [0.717, 1.165) is 30.9 Å². The molecule has 2 N–H and O–H groups in total. The number of aromatic nitrogens is 2. The summed E-state index contributed by atoms with van der Waals surface area (Å²) in [5, 5.41) is 10.7. The topological polar surface area (TPSA) is 68.2 Å². The van der Waals surface area contributed by atoms with Gasteiger partial charge in [0.15, 0.2) is 0 Å². The van der Waals surface area contributed by atoms with E-state index in [2.05, 4.69) is 34.3 Å². The third-order valence-corrected chi connectivity index (χ3v) is 3.84. The van der Waals surface area contributed by atoms with Crippen molar-refractivity contribution < 1.29 is 9.53 Å².